The molecule has 8 heteroatoms. The molecule has 0 bridgehead atoms. The molecule has 1 rings (SSSR count). The van der Waals surface area contributed by atoms with Crippen LogP contribution in [0.2, 0.25) is 0 Å². The summed E-state index contributed by atoms with van der Waals surface area (Å²) < 4.78 is 22.5. The topological polar surface area (TPSA) is 96.6 Å². The fourth-order valence-corrected chi connectivity index (χ4v) is 2.05. The van der Waals surface area contributed by atoms with Gasteiger partial charge < -0.3 is 10.6 Å². The van der Waals surface area contributed by atoms with E-state index in [0.29, 0.717) is 25.6 Å². The monoisotopic (exact) mass is 422 g/mol. The van der Waals surface area contributed by atoms with E-state index in [1.54, 1.807) is 12.1 Å². The smallest absolute Gasteiger partial charge is 0.238 e. The number of terminal acetylenes is 1. The summed E-state index contributed by atoms with van der Waals surface area (Å²) in [7, 11) is -3.69. The van der Waals surface area contributed by atoms with Crippen LogP contribution in [-0.4, -0.2) is 27.5 Å². The lowest BCUT2D eigenvalue weighted by molar-refractivity contribution is 0.597. The summed E-state index contributed by atoms with van der Waals surface area (Å²) >= 11 is 0. The molecule has 0 unspecified atom stereocenters. The average molecular weight is 422 g/mol. The second-order valence-corrected chi connectivity index (χ2v) is 5.51. The zero-order chi connectivity index (χ0) is 15.0. The van der Waals surface area contributed by atoms with Crippen LogP contribution in [0.5, 0.6) is 0 Å². The molecular weight excluding hydrogens is 403 g/mol. The number of hydrogen-bond donors (Lipinski definition) is 3. The fraction of sp³-hybridized carbons (Fsp3) is 0.308. The highest BCUT2D eigenvalue weighted by Gasteiger charge is 2.07. The van der Waals surface area contributed by atoms with Gasteiger partial charge in [0.2, 0.25) is 10.0 Å². The van der Waals surface area contributed by atoms with Gasteiger partial charge >= 0.3 is 0 Å². The van der Waals surface area contributed by atoms with E-state index < -0.39 is 10.0 Å². The number of benzene rings is 1. The van der Waals surface area contributed by atoms with Crippen molar-refractivity contribution in [3.05, 3.63) is 29.8 Å². The van der Waals surface area contributed by atoms with Gasteiger partial charge in [0.1, 0.15) is 0 Å². The Balaban J connectivity index is 0.00000400. The highest BCUT2D eigenvalue weighted by atomic mass is 127. The van der Waals surface area contributed by atoms with Crippen molar-refractivity contribution in [2.75, 3.05) is 13.1 Å². The Bertz CT molecular complexity index is 623. The molecule has 116 valence electrons. The minimum absolute atomic E-state index is 0. The summed E-state index contributed by atoms with van der Waals surface area (Å²) in [6, 6.07) is 6.36. The Morgan fingerprint density at radius 1 is 1.43 bits per heavy atom. The van der Waals surface area contributed by atoms with E-state index in [1.807, 2.05) is 6.92 Å². The quantitative estimate of drug-likeness (QED) is 0.281. The number of aliphatic imine (C=N–C) groups is 1. The van der Waals surface area contributed by atoms with E-state index in [4.69, 9.17) is 11.6 Å². The van der Waals surface area contributed by atoms with Crippen molar-refractivity contribution < 1.29 is 8.42 Å². The van der Waals surface area contributed by atoms with Crippen molar-refractivity contribution in [1.29, 1.82) is 0 Å². The van der Waals surface area contributed by atoms with E-state index in [-0.39, 0.29) is 28.9 Å². The van der Waals surface area contributed by atoms with Gasteiger partial charge in [0.15, 0.2) is 5.96 Å². The van der Waals surface area contributed by atoms with Crippen molar-refractivity contribution in [1.82, 2.24) is 10.6 Å². The first kappa shape index (κ1) is 19.7. The predicted octanol–water partition coefficient (Wildman–Crippen LogP) is 0.640. The molecule has 1 aromatic carbocycles. The molecule has 0 saturated carbocycles. The van der Waals surface area contributed by atoms with Gasteiger partial charge in [-0.1, -0.05) is 18.1 Å². The van der Waals surface area contributed by atoms with E-state index in [1.165, 1.54) is 12.1 Å². The number of nitrogens with one attached hydrogen (secondary N) is 2. The summed E-state index contributed by atoms with van der Waals surface area (Å²) in [6.07, 6.45) is 5.17. The van der Waals surface area contributed by atoms with E-state index in [2.05, 4.69) is 21.5 Å². The van der Waals surface area contributed by atoms with E-state index in [9.17, 15) is 8.42 Å². The van der Waals surface area contributed by atoms with Gasteiger partial charge in [0.05, 0.1) is 18.0 Å². The first-order chi connectivity index (χ1) is 9.47. The molecule has 4 N–H and O–H groups in total. The molecule has 0 saturated heterocycles. The number of rotatable bonds is 5. The summed E-state index contributed by atoms with van der Waals surface area (Å²) in [4.78, 5) is 4.38. The lowest BCUT2D eigenvalue weighted by atomic mass is 10.2. The first-order valence-electron chi connectivity index (χ1n) is 6.04. The molecule has 0 aromatic heterocycles. The molecule has 0 aliphatic carbocycles. The van der Waals surface area contributed by atoms with Crippen LogP contribution in [0.1, 0.15) is 12.5 Å². The number of nitrogens with two attached hydrogens (primary N) is 1. The molecule has 21 heavy (non-hydrogen) atoms. The summed E-state index contributed by atoms with van der Waals surface area (Å²) in [5.41, 5.74) is 0.745. The van der Waals surface area contributed by atoms with Gasteiger partial charge in [-0.15, -0.1) is 30.4 Å². The molecule has 6 nitrogen and oxygen atoms in total. The Morgan fingerprint density at radius 3 is 2.71 bits per heavy atom. The molecule has 0 amide bonds. The zero-order valence-electron chi connectivity index (χ0n) is 11.7. The van der Waals surface area contributed by atoms with Crippen molar-refractivity contribution in [3.8, 4) is 12.3 Å². The van der Waals surface area contributed by atoms with Crippen LogP contribution in [0.4, 0.5) is 0 Å². The molecular formula is C13H19IN4O2S. The SMILES string of the molecule is C#CCNC(=NCc1cccc(S(N)(=O)=O)c1)NCC.I. The summed E-state index contributed by atoms with van der Waals surface area (Å²) in [5, 5.41) is 11.1. The van der Waals surface area contributed by atoms with Crippen LogP contribution in [0.15, 0.2) is 34.2 Å². The summed E-state index contributed by atoms with van der Waals surface area (Å²) in [6.45, 7) is 3.33. The molecule has 0 radical (unpaired) electrons. The predicted molar refractivity (Wildman–Crippen MR) is 94.9 cm³/mol. The standard InChI is InChI=1S/C13H18N4O2S.HI/c1-3-8-16-13(15-4-2)17-10-11-6-5-7-12(9-11)20(14,18)19;/h1,5-7,9H,4,8,10H2,2H3,(H2,14,18,19)(H2,15,16,17);1H. The number of sulfonamides is 1. The van der Waals surface area contributed by atoms with Crippen molar-refractivity contribution >= 4 is 40.0 Å². The molecule has 0 atom stereocenters. The first-order valence-corrected chi connectivity index (χ1v) is 7.59. The molecule has 1 aromatic rings. The van der Waals surface area contributed by atoms with Crippen molar-refractivity contribution in [3.63, 3.8) is 0 Å². The van der Waals surface area contributed by atoms with Crippen LogP contribution in [0.25, 0.3) is 0 Å². The maximum Gasteiger partial charge on any atom is 0.238 e. The van der Waals surface area contributed by atoms with Gasteiger partial charge in [-0.2, -0.15) is 0 Å². The van der Waals surface area contributed by atoms with Crippen molar-refractivity contribution in [2.24, 2.45) is 10.1 Å². The lowest BCUT2D eigenvalue weighted by Crippen LogP contribution is -2.37. The fourth-order valence-electron chi connectivity index (χ4n) is 1.47. The normalized spacial score (nSPS) is 11.2. The second-order valence-electron chi connectivity index (χ2n) is 3.95. The van der Waals surface area contributed by atoms with Gasteiger partial charge in [-0.3, -0.25) is 0 Å². The molecule has 0 aliphatic rings. The Labute approximate surface area is 142 Å². The van der Waals surface area contributed by atoms with Gasteiger partial charge in [0, 0.05) is 6.54 Å². The summed E-state index contributed by atoms with van der Waals surface area (Å²) in [5.74, 6) is 3.03. The Hall–Kier alpha value is -1.31. The molecule has 0 aliphatic heterocycles. The number of halogens is 1. The van der Waals surface area contributed by atoms with Crippen LogP contribution >= 0.6 is 24.0 Å². The van der Waals surface area contributed by atoms with E-state index >= 15 is 0 Å². The van der Waals surface area contributed by atoms with Gasteiger partial charge in [-0.05, 0) is 24.6 Å². The maximum absolute atomic E-state index is 11.3. The molecule has 0 heterocycles. The van der Waals surface area contributed by atoms with Crippen LogP contribution < -0.4 is 15.8 Å². The third kappa shape index (κ3) is 7.31. The third-order valence-electron chi connectivity index (χ3n) is 2.35. The Kier molecular flexibility index (Phi) is 9.00. The van der Waals surface area contributed by atoms with Crippen LogP contribution in [0.3, 0.4) is 0 Å². The number of primary sulfonamides is 1. The zero-order valence-corrected chi connectivity index (χ0v) is 14.8. The molecule has 0 spiro atoms. The number of nitrogens with zero attached hydrogens (tertiary/aromatic N) is 1. The third-order valence-corrected chi connectivity index (χ3v) is 3.26. The molecule has 0 fully saturated rings. The minimum Gasteiger partial charge on any atom is -0.357 e. The Morgan fingerprint density at radius 2 is 2.14 bits per heavy atom. The van der Waals surface area contributed by atoms with Crippen LogP contribution in [-0.2, 0) is 16.6 Å². The van der Waals surface area contributed by atoms with Gasteiger partial charge in [0.25, 0.3) is 0 Å². The van der Waals surface area contributed by atoms with E-state index in [0.717, 1.165) is 5.56 Å². The maximum atomic E-state index is 11.3. The second kappa shape index (κ2) is 9.59. The van der Waals surface area contributed by atoms with Crippen LogP contribution in [0, 0.1) is 12.3 Å². The van der Waals surface area contributed by atoms with Crippen molar-refractivity contribution in [2.45, 2.75) is 18.4 Å². The highest BCUT2D eigenvalue weighted by molar-refractivity contribution is 14.0. The number of hydrogen-bond acceptors (Lipinski definition) is 3. The average Bonchev–Trinajstić information content (AvgIpc) is 2.41. The van der Waals surface area contributed by atoms with Gasteiger partial charge in [-0.25, -0.2) is 18.5 Å². The minimum atomic E-state index is -3.69. The lowest BCUT2D eigenvalue weighted by Gasteiger charge is -2.09. The highest BCUT2D eigenvalue weighted by Crippen LogP contribution is 2.10. The number of guanidine groups is 1. The largest absolute Gasteiger partial charge is 0.357 e.